The lowest BCUT2D eigenvalue weighted by Crippen LogP contribution is -2.23. The number of nitrogens with zero attached hydrogens (tertiary/aromatic N) is 2. The third-order valence-corrected chi connectivity index (χ3v) is 1.83. The molecule has 1 aromatic heterocycles. The van der Waals surface area contributed by atoms with Crippen LogP contribution in [0.2, 0.25) is 0 Å². The molecule has 0 aliphatic rings. The van der Waals surface area contributed by atoms with Gasteiger partial charge in [-0.3, -0.25) is 9.48 Å². The molecule has 0 aliphatic heterocycles. The molecular weight excluding hydrogens is 222 g/mol. The van der Waals surface area contributed by atoms with Crippen molar-refractivity contribution >= 4 is 11.7 Å². The van der Waals surface area contributed by atoms with Crippen molar-refractivity contribution in [1.29, 1.82) is 0 Å². The number of rotatable bonds is 5. The minimum atomic E-state index is -0.356. The zero-order valence-corrected chi connectivity index (χ0v) is 10.5. The Hall–Kier alpha value is -1.56. The largest absolute Gasteiger partial charge is 0.462 e. The molecule has 0 spiro atoms. The number of carbonyl (C=O) groups is 1. The van der Waals surface area contributed by atoms with Gasteiger partial charge in [-0.2, -0.15) is 5.10 Å². The van der Waals surface area contributed by atoms with E-state index in [1.54, 1.807) is 6.20 Å². The molecule has 0 unspecified atom stereocenters. The van der Waals surface area contributed by atoms with Crippen LogP contribution in [-0.4, -0.2) is 34.6 Å². The van der Waals surface area contributed by atoms with E-state index in [4.69, 9.17) is 15.2 Å². The standard InChI is InChI=1S/C11H19N3O3/c1-11(2,3)17-5-4-16-10(15)8-14-7-9(12)6-13-14/h6-7H,4-5,8,12H2,1-3H3. The Morgan fingerprint density at radius 2 is 2.18 bits per heavy atom. The van der Waals surface area contributed by atoms with Crippen molar-refractivity contribution in [2.75, 3.05) is 18.9 Å². The minimum absolute atomic E-state index is 0.0622. The number of hydrogen-bond donors (Lipinski definition) is 1. The number of anilines is 1. The number of hydrogen-bond acceptors (Lipinski definition) is 5. The van der Waals surface area contributed by atoms with Crippen LogP contribution in [0, 0.1) is 0 Å². The minimum Gasteiger partial charge on any atom is -0.462 e. The van der Waals surface area contributed by atoms with Crippen molar-refractivity contribution in [3.05, 3.63) is 12.4 Å². The Balaban J connectivity index is 2.18. The highest BCUT2D eigenvalue weighted by atomic mass is 16.6. The molecule has 0 fully saturated rings. The highest BCUT2D eigenvalue weighted by Crippen LogP contribution is 2.05. The van der Waals surface area contributed by atoms with Gasteiger partial charge in [-0.05, 0) is 20.8 Å². The van der Waals surface area contributed by atoms with E-state index in [-0.39, 0.29) is 24.7 Å². The summed E-state index contributed by atoms with van der Waals surface area (Å²) in [5.74, 6) is -0.356. The summed E-state index contributed by atoms with van der Waals surface area (Å²) in [4.78, 5) is 11.4. The highest BCUT2D eigenvalue weighted by molar-refractivity contribution is 5.69. The van der Waals surface area contributed by atoms with Crippen molar-refractivity contribution in [2.24, 2.45) is 0 Å². The lowest BCUT2D eigenvalue weighted by molar-refractivity contribution is -0.147. The molecule has 1 heterocycles. The summed E-state index contributed by atoms with van der Waals surface area (Å²) >= 11 is 0. The fourth-order valence-corrected chi connectivity index (χ4v) is 1.15. The van der Waals surface area contributed by atoms with Gasteiger partial charge in [0.2, 0.25) is 0 Å². The molecule has 0 aromatic carbocycles. The second kappa shape index (κ2) is 5.67. The summed E-state index contributed by atoms with van der Waals surface area (Å²) in [5.41, 5.74) is 5.77. The molecule has 2 N–H and O–H groups in total. The van der Waals surface area contributed by atoms with Crippen LogP contribution >= 0.6 is 0 Å². The molecule has 0 atom stereocenters. The predicted octanol–water partition coefficient (Wildman–Crippen LogP) is 0.824. The van der Waals surface area contributed by atoms with Crippen LogP contribution in [0.25, 0.3) is 0 Å². The van der Waals surface area contributed by atoms with E-state index in [2.05, 4.69) is 5.10 Å². The Labute approximate surface area is 101 Å². The maximum absolute atomic E-state index is 11.4. The van der Waals surface area contributed by atoms with E-state index < -0.39 is 0 Å². The van der Waals surface area contributed by atoms with Gasteiger partial charge in [0.1, 0.15) is 13.2 Å². The molecule has 0 saturated carbocycles. The first kappa shape index (κ1) is 13.5. The van der Waals surface area contributed by atoms with Crippen molar-refractivity contribution in [3.63, 3.8) is 0 Å². The summed E-state index contributed by atoms with van der Waals surface area (Å²) in [6.45, 7) is 6.53. The van der Waals surface area contributed by atoms with Gasteiger partial charge >= 0.3 is 5.97 Å². The first-order valence-electron chi connectivity index (χ1n) is 5.44. The molecule has 0 radical (unpaired) electrons. The topological polar surface area (TPSA) is 79.4 Å². The first-order chi connectivity index (χ1) is 7.87. The van der Waals surface area contributed by atoms with Gasteiger partial charge in [0.15, 0.2) is 0 Å². The van der Waals surface area contributed by atoms with Gasteiger partial charge in [-0.25, -0.2) is 0 Å². The summed E-state index contributed by atoms with van der Waals surface area (Å²) in [7, 11) is 0. The van der Waals surface area contributed by atoms with Gasteiger partial charge < -0.3 is 15.2 Å². The molecule has 6 heteroatoms. The predicted molar refractivity (Wildman–Crippen MR) is 63.3 cm³/mol. The molecule has 6 nitrogen and oxygen atoms in total. The summed E-state index contributed by atoms with van der Waals surface area (Å²) in [6.07, 6.45) is 3.06. The quantitative estimate of drug-likeness (QED) is 0.610. The Morgan fingerprint density at radius 3 is 2.71 bits per heavy atom. The monoisotopic (exact) mass is 241 g/mol. The average Bonchev–Trinajstić information content (AvgIpc) is 2.57. The van der Waals surface area contributed by atoms with Gasteiger partial charge in [-0.1, -0.05) is 0 Å². The summed E-state index contributed by atoms with van der Waals surface area (Å²) in [6, 6.07) is 0. The SMILES string of the molecule is CC(C)(C)OCCOC(=O)Cn1cc(N)cn1. The van der Waals surface area contributed by atoms with Gasteiger partial charge in [-0.15, -0.1) is 0 Å². The van der Waals surface area contributed by atoms with E-state index in [1.807, 2.05) is 20.8 Å². The lowest BCUT2D eigenvalue weighted by Gasteiger charge is -2.19. The fraction of sp³-hybridized carbons (Fsp3) is 0.636. The summed E-state index contributed by atoms with van der Waals surface area (Å²) < 4.78 is 11.8. The molecule has 1 aromatic rings. The summed E-state index contributed by atoms with van der Waals surface area (Å²) in [5, 5.41) is 3.88. The van der Waals surface area contributed by atoms with Crippen molar-refractivity contribution in [3.8, 4) is 0 Å². The van der Waals surface area contributed by atoms with Crippen molar-refractivity contribution in [1.82, 2.24) is 9.78 Å². The smallest absolute Gasteiger partial charge is 0.327 e. The molecule has 0 bridgehead atoms. The zero-order valence-electron chi connectivity index (χ0n) is 10.5. The zero-order chi connectivity index (χ0) is 12.9. The van der Waals surface area contributed by atoms with E-state index in [0.29, 0.717) is 12.3 Å². The van der Waals surface area contributed by atoms with Gasteiger partial charge in [0.25, 0.3) is 0 Å². The molecule has 0 aliphatic carbocycles. The van der Waals surface area contributed by atoms with Crippen molar-refractivity contribution < 1.29 is 14.3 Å². The second-order valence-corrected chi connectivity index (χ2v) is 4.65. The number of aromatic nitrogens is 2. The van der Waals surface area contributed by atoms with Crippen LogP contribution in [0.5, 0.6) is 0 Å². The van der Waals surface area contributed by atoms with Crippen LogP contribution in [0.3, 0.4) is 0 Å². The molecular formula is C11H19N3O3. The second-order valence-electron chi connectivity index (χ2n) is 4.65. The maximum atomic E-state index is 11.4. The molecule has 0 amide bonds. The van der Waals surface area contributed by atoms with Crippen LogP contribution < -0.4 is 5.73 Å². The van der Waals surface area contributed by atoms with Gasteiger partial charge in [0.05, 0.1) is 24.1 Å². The Kier molecular flexibility index (Phi) is 4.51. The highest BCUT2D eigenvalue weighted by Gasteiger charge is 2.10. The molecule has 0 saturated heterocycles. The normalized spacial score (nSPS) is 11.5. The molecule has 1 rings (SSSR count). The molecule has 96 valence electrons. The number of carbonyl (C=O) groups excluding carboxylic acids is 1. The van der Waals surface area contributed by atoms with E-state index in [1.165, 1.54) is 10.9 Å². The first-order valence-corrected chi connectivity index (χ1v) is 5.44. The fourth-order valence-electron chi connectivity index (χ4n) is 1.15. The maximum Gasteiger partial charge on any atom is 0.327 e. The van der Waals surface area contributed by atoms with E-state index >= 15 is 0 Å². The van der Waals surface area contributed by atoms with Crippen LogP contribution in [0.1, 0.15) is 20.8 Å². The lowest BCUT2D eigenvalue weighted by atomic mass is 10.2. The van der Waals surface area contributed by atoms with Crippen LogP contribution in [0.4, 0.5) is 5.69 Å². The number of nitrogens with two attached hydrogens (primary N) is 1. The third-order valence-electron chi connectivity index (χ3n) is 1.83. The van der Waals surface area contributed by atoms with Crippen LogP contribution in [-0.2, 0) is 20.8 Å². The van der Waals surface area contributed by atoms with E-state index in [9.17, 15) is 4.79 Å². The third kappa shape index (κ3) is 5.91. The number of ether oxygens (including phenoxy) is 2. The Bertz CT molecular complexity index is 368. The average molecular weight is 241 g/mol. The van der Waals surface area contributed by atoms with Crippen molar-refractivity contribution in [2.45, 2.75) is 32.9 Å². The van der Waals surface area contributed by atoms with Crippen LogP contribution in [0.15, 0.2) is 12.4 Å². The molecule has 17 heavy (non-hydrogen) atoms. The number of esters is 1. The van der Waals surface area contributed by atoms with E-state index in [0.717, 1.165) is 0 Å². The Morgan fingerprint density at radius 1 is 1.47 bits per heavy atom. The van der Waals surface area contributed by atoms with Gasteiger partial charge in [0, 0.05) is 6.20 Å². The number of nitrogen functional groups attached to an aromatic ring is 1.